The van der Waals surface area contributed by atoms with Gasteiger partial charge in [0.15, 0.2) is 0 Å². The van der Waals surface area contributed by atoms with E-state index in [0.717, 1.165) is 0 Å². The molecule has 0 bridgehead atoms. The first-order chi connectivity index (χ1) is 10.1. The van der Waals surface area contributed by atoms with Gasteiger partial charge in [0.2, 0.25) is 0 Å². The maximum absolute atomic E-state index is 11.0. The number of nitro benzene ring substituents is 1. The number of pyridine rings is 1. The first-order valence-electron chi connectivity index (χ1n) is 6.13. The van der Waals surface area contributed by atoms with Crippen molar-refractivity contribution in [2.24, 2.45) is 0 Å². The Hall–Kier alpha value is -2.98. The van der Waals surface area contributed by atoms with Crippen LogP contribution in [0.1, 0.15) is 17.4 Å². The van der Waals surface area contributed by atoms with Crippen LogP contribution >= 0.6 is 0 Å². The first-order valence-corrected chi connectivity index (χ1v) is 6.13. The summed E-state index contributed by atoms with van der Waals surface area (Å²) in [5.74, 6) is 0. The normalized spacial score (nSPS) is 11.4. The van der Waals surface area contributed by atoms with Gasteiger partial charge in [-0.15, -0.1) is 0 Å². The molecule has 7 nitrogen and oxygen atoms in total. The van der Waals surface area contributed by atoms with Crippen molar-refractivity contribution in [1.82, 2.24) is 4.98 Å². The second-order valence-corrected chi connectivity index (χ2v) is 4.25. The van der Waals surface area contributed by atoms with Gasteiger partial charge in [-0.25, -0.2) is 0 Å². The van der Waals surface area contributed by atoms with E-state index in [9.17, 15) is 15.2 Å². The second-order valence-electron chi connectivity index (χ2n) is 4.25. The van der Waals surface area contributed by atoms with Crippen LogP contribution < -0.4 is 5.32 Å². The van der Waals surface area contributed by atoms with Gasteiger partial charge in [-0.3, -0.25) is 15.1 Å². The number of rotatable bonds is 5. The van der Waals surface area contributed by atoms with Crippen molar-refractivity contribution in [2.75, 3.05) is 11.9 Å². The van der Waals surface area contributed by atoms with E-state index in [2.05, 4.69) is 10.3 Å². The molecule has 0 fully saturated rings. The number of benzene rings is 1. The average molecular weight is 284 g/mol. The molecule has 21 heavy (non-hydrogen) atoms. The summed E-state index contributed by atoms with van der Waals surface area (Å²) in [5, 5.41) is 32.5. The summed E-state index contributed by atoms with van der Waals surface area (Å²) >= 11 is 0. The van der Waals surface area contributed by atoms with Crippen LogP contribution in [0.4, 0.5) is 11.4 Å². The number of anilines is 1. The largest absolute Gasteiger partial charge is 0.385 e. The molecule has 1 aromatic heterocycles. The molecule has 0 aliphatic carbocycles. The van der Waals surface area contributed by atoms with E-state index >= 15 is 0 Å². The Bertz CT molecular complexity index is 682. The Balaban J connectivity index is 2.13. The molecule has 106 valence electrons. The molecular weight excluding hydrogens is 272 g/mol. The lowest BCUT2D eigenvalue weighted by molar-refractivity contribution is -0.384. The summed E-state index contributed by atoms with van der Waals surface area (Å²) in [6.45, 7) is 0.0732. The molecule has 0 aliphatic rings. The minimum Gasteiger partial charge on any atom is -0.385 e. The van der Waals surface area contributed by atoms with E-state index in [0.29, 0.717) is 5.69 Å². The predicted octanol–water partition coefficient (Wildman–Crippen LogP) is 2.01. The zero-order valence-electron chi connectivity index (χ0n) is 10.9. The molecule has 1 atom stereocenters. The van der Waals surface area contributed by atoms with Crippen molar-refractivity contribution in [3.05, 3.63) is 64.0 Å². The topological polar surface area (TPSA) is 112 Å². The number of nitriles is 1. The molecular formula is C14H12N4O3. The maximum atomic E-state index is 11.0. The van der Waals surface area contributed by atoms with Gasteiger partial charge in [-0.05, 0) is 24.3 Å². The molecule has 0 amide bonds. The number of aliphatic hydroxyl groups is 1. The van der Waals surface area contributed by atoms with Crippen molar-refractivity contribution in [3.63, 3.8) is 0 Å². The van der Waals surface area contributed by atoms with E-state index in [4.69, 9.17) is 5.26 Å². The minimum atomic E-state index is -0.888. The number of nitrogens with one attached hydrogen (secondary N) is 1. The van der Waals surface area contributed by atoms with Crippen LogP contribution in [-0.4, -0.2) is 21.6 Å². The minimum absolute atomic E-state index is 0.0732. The van der Waals surface area contributed by atoms with Crippen LogP contribution in [0.3, 0.4) is 0 Å². The highest BCUT2D eigenvalue weighted by Gasteiger charge is 2.16. The van der Waals surface area contributed by atoms with Gasteiger partial charge in [0.05, 0.1) is 22.2 Å². The third-order valence-corrected chi connectivity index (χ3v) is 2.84. The van der Waals surface area contributed by atoms with Crippen molar-refractivity contribution < 1.29 is 10.0 Å². The van der Waals surface area contributed by atoms with E-state index < -0.39 is 11.0 Å². The van der Waals surface area contributed by atoms with E-state index in [1.165, 1.54) is 18.2 Å². The second kappa shape index (κ2) is 6.45. The molecule has 0 spiro atoms. The van der Waals surface area contributed by atoms with Crippen molar-refractivity contribution >= 4 is 11.4 Å². The fourth-order valence-corrected chi connectivity index (χ4v) is 1.79. The van der Waals surface area contributed by atoms with Crippen LogP contribution in [0.5, 0.6) is 0 Å². The summed E-state index contributed by atoms with van der Waals surface area (Å²) < 4.78 is 0. The zero-order valence-corrected chi connectivity index (χ0v) is 10.9. The van der Waals surface area contributed by atoms with Crippen molar-refractivity contribution in [3.8, 4) is 6.07 Å². The van der Waals surface area contributed by atoms with Gasteiger partial charge >= 0.3 is 0 Å². The third-order valence-electron chi connectivity index (χ3n) is 2.84. The van der Waals surface area contributed by atoms with Gasteiger partial charge in [0, 0.05) is 18.8 Å². The number of hydrogen-bond donors (Lipinski definition) is 2. The smallest absolute Gasteiger partial charge is 0.293 e. The zero-order chi connectivity index (χ0) is 15.2. The maximum Gasteiger partial charge on any atom is 0.293 e. The van der Waals surface area contributed by atoms with Gasteiger partial charge < -0.3 is 10.4 Å². The van der Waals surface area contributed by atoms with E-state index in [1.54, 1.807) is 24.4 Å². The molecule has 1 heterocycles. The van der Waals surface area contributed by atoms with Gasteiger partial charge in [-0.2, -0.15) is 5.26 Å². The Morgan fingerprint density at radius 2 is 2.24 bits per heavy atom. The lowest BCUT2D eigenvalue weighted by atomic mass is 10.1. The summed E-state index contributed by atoms with van der Waals surface area (Å²) in [6, 6.07) is 11.1. The van der Waals surface area contributed by atoms with Crippen molar-refractivity contribution in [2.45, 2.75) is 6.10 Å². The highest BCUT2D eigenvalue weighted by atomic mass is 16.6. The summed E-state index contributed by atoms with van der Waals surface area (Å²) in [6.07, 6.45) is 0.671. The molecule has 1 aromatic carbocycles. The lowest BCUT2D eigenvalue weighted by Gasteiger charge is -2.12. The fraction of sp³-hybridized carbons (Fsp3) is 0.143. The van der Waals surface area contributed by atoms with Gasteiger partial charge in [0.25, 0.3) is 5.69 Å². The van der Waals surface area contributed by atoms with Crippen LogP contribution in [0, 0.1) is 21.4 Å². The average Bonchev–Trinajstić information content (AvgIpc) is 2.53. The molecule has 0 aliphatic heterocycles. The van der Waals surface area contributed by atoms with Gasteiger partial charge in [0.1, 0.15) is 11.8 Å². The summed E-state index contributed by atoms with van der Waals surface area (Å²) in [4.78, 5) is 14.4. The number of aromatic nitrogens is 1. The molecule has 2 aromatic rings. The number of nitro groups is 1. The SMILES string of the molecule is N#Cc1ccc(NC[C@H](O)c2ccccn2)c([N+](=O)[O-])c1. The summed E-state index contributed by atoms with van der Waals surface area (Å²) in [7, 11) is 0. The molecule has 2 N–H and O–H groups in total. The van der Waals surface area contributed by atoms with Crippen LogP contribution in [-0.2, 0) is 0 Å². The van der Waals surface area contributed by atoms with Gasteiger partial charge in [-0.1, -0.05) is 6.07 Å². The van der Waals surface area contributed by atoms with Crippen molar-refractivity contribution in [1.29, 1.82) is 5.26 Å². The number of aliphatic hydroxyl groups excluding tert-OH is 1. The molecule has 0 saturated heterocycles. The van der Waals surface area contributed by atoms with E-state index in [1.807, 2.05) is 6.07 Å². The van der Waals surface area contributed by atoms with Crippen LogP contribution in [0.25, 0.3) is 0 Å². The van der Waals surface area contributed by atoms with Crippen LogP contribution in [0.2, 0.25) is 0 Å². The quantitative estimate of drug-likeness (QED) is 0.641. The highest BCUT2D eigenvalue weighted by molar-refractivity contribution is 5.64. The Kier molecular flexibility index (Phi) is 4.43. The van der Waals surface area contributed by atoms with Crippen LogP contribution in [0.15, 0.2) is 42.6 Å². The monoisotopic (exact) mass is 284 g/mol. The first kappa shape index (κ1) is 14.4. The molecule has 0 unspecified atom stereocenters. The van der Waals surface area contributed by atoms with E-state index in [-0.39, 0.29) is 23.5 Å². The number of nitrogens with zero attached hydrogens (tertiary/aromatic N) is 3. The Labute approximate surface area is 120 Å². The standard InChI is InChI=1S/C14H12N4O3/c15-8-10-4-5-11(13(7-10)18(20)21)17-9-14(19)12-3-1-2-6-16-12/h1-7,14,17,19H,9H2/t14-/m0/s1. The predicted molar refractivity (Wildman–Crippen MR) is 75.5 cm³/mol. The molecule has 7 heteroatoms. The fourth-order valence-electron chi connectivity index (χ4n) is 1.79. The highest BCUT2D eigenvalue weighted by Crippen LogP contribution is 2.26. The summed E-state index contributed by atoms with van der Waals surface area (Å²) in [5.41, 5.74) is 0.718. The Morgan fingerprint density at radius 1 is 1.43 bits per heavy atom. The molecule has 2 rings (SSSR count). The lowest BCUT2D eigenvalue weighted by Crippen LogP contribution is -2.14. The third kappa shape index (κ3) is 3.52. The number of hydrogen-bond acceptors (Lipinski definition) is 6. The molecule has 0 saturated carbocycles. The Morgan fingerprint density at radius 3 is 2.86 bits per heavy atom. The molecule has 0 radical (unpaired) electrons.